The third-order valence-electron chi connectivity index (χ3n) is 12.1. The average Bonchev–Trinajstić information content (AvgIpc) is 3.81. The summed E-state index contributed by atoms with van der Waals surface area (Å²) in [6.07, 6.45) is 5.91. The Morgan fingerprint density at radius 3 is 2.47 bits per heavy atom. The fourth-order valence-electron chi connectivity index (χ4n) is 9.11. The second-order valence-corrected chi connectivity index (χ2v) is 16.1. The maximum absolute atomic E-state index is 12.2. The smallest absolute Gasteiger partial charge is 0.310 e. The van der Waals surface area contributed by atoms with E-state index in [-0.39, 0.29) is 18.1 Å². The Labute approximate surface area is 331 Å². The molecule has 4 aromatic rings. The van der Waals surface area contributed by atoms with E-state index in [4.69, 9.17) is 42.4 Å². The number of nitrogens with one attached hydrogen (secondary N) is 2. The number of fused-ring (bicyclic) bond motifs is 4. The van der Waals surface area contributed by atoms with Crippen molar-refractivity contribution in [2.45, 2.75) is 82.6 Å². The molecule has 0 radical (unpaired) electrons. The summed E-state index contributed by atoms with van der Waals surface area (Å²) in [6.45, 7) is 2.36. The molecule has 3 aliphatic heterocycles. The summed E-state index contributed by atoms with van der Waals surface area (Å²) >= 11 is 14.1. The van der Waals surface area contributed by atoms with Gasteiger partial charge in [0.15, 0.2) is 0 Å². The van der Waals surface area contributed by atoms with Gasteiger partial charge in [-0.1, -0.05) is 71.7 Å². The highest BCUT2D eigenvalue weighted by molar-refractivity contribution is 6.36. The topological polar surface area (TPSA) is 122 Å². The van der Waals surface area contributed by atoms with Crippen LogP contribution in [-0.4, -0.2) is 66.3 Å². The van der Waals surface area contributed by atoms with Gasteiger partial charge in [-0.3, -0.25) is 14.5 Å². The first-order valence-electron chi connectivity index (χ1n) is 19.1. The van der Waals surface area contributed by atoms with Gasteiger partial charge in [0.2, 0.25) is 17.7 Å². The lowest BCUT2D eigenvalue weighted by Crippen LogP contribution is -2.56. The molecule has 1 amide bonds. The Kier molecular flexibility index (Phi) is 10.7. The van der Waals surface area contributed by atoms with E-state index < -0.39 is 11.4 Å². The van der Waals surface area contributed by atoms with Crippen LogP contribution in [0.5, 0.6) is 17.5 Å². The molecular formula is C43H46Cl2N4O6. The van der Waals surface area contributed by atoms with Crippen molar-refractivity contribution in [2.75, 3.05) is 27.3 Å². The summed E-state index contributed by atoms with van der Waals surface area (Å²) in [5.74, 6) is 0.916. The predicted octanol–water partition coefficient (Wildman–Crippen LogP) is 8.00. The molecule has 2 bridgehead atoms. The number of nitrogens with zero attached hydrogens (tertiary/aromatic N) is 2. The van der Waals surface area contributed by atoms with Crippen LogP contribution in [0.2, 0.25) is 10.0 Å². The number of carboxylic acid groups (broad SMARTS) is 1. The minimum atomic E-state index is -0.707. The summed E-state index contributed by atoms with van der Waals surface area (Å²) < 4.78 is 18.1. The molecule has 9 rings (SSSR count). The fraction of sp³-hybridized carbons (Fsp3) is 0.419. The van der Waals surface area contributed by atoms with Crippen LogP contribution in [0.3, 0.4) is 0 Å². The van der Waals surface area contributed by atoms with Crippen molar-refractivity contribution in [1.29, 1.82) is 0 Å². The SMILES string of the molecule is COc1cc(-c2cccc(-c3cccc4c3CC[C@@H]4Oc3nc(OC)c(CN4CC5(C(=O)O)CCC4CC5)cc3Cl)c2Cl)ccc1CNC[C@@H]1CCC(=O)N1. The summed E-state index contributed by atoms with van der Waals surface area (Å²) in [5.41, 5.74) is 7.27. The first kappa shape index (κ1) is 37.6. The Hall–Kier alpha value is -4.35. The molecule has 2 aliphatic carbocycles. The van der Waals surface area contributed by atoms with Crippen molar-refractivity contribution in [3.05, 3.63) is 93.0 Å². The van der Waals surface area contributed by atoms with Crippen LogP contribution in [-0.2, 0) is 29.1 Å². The largest absolute Gasteiger partial charge is 0.496 e. The Bertz CT molecular complexity index is 2120. The number of piperidine rings is 2. The van der Waals surface area contributed by atoms with Gasteiger partial charge < -0.3 is 30.0 Å². The second kappa shape index (κ2) is 15.7. The van der Waals surface area contributed by atoms with Crippen LogP contribution >= 0.6 is 23.2 Å². The van der Waals surface area contributed by atoms with Gasteiger partial charge in [0.1, 0.15) is 16.9 Å². The average molecular weight is 786 g/mol. The van der Waals surface area contributed by atoms with Crippen molar-refractivity contribution in [2.24, 2.45) is 5.41 Å². The summed E-state index contributed by atoms with van der Waals surface area (Å²) in [7, 11) is 3.26. The number of rotatable bonds is 13. The van der Waals surface area contributed by atoms with Crippen molar-refractivity contribution >= 4 is 35.1 Å². The highest BCUT2D eigenvalue weighted by Crippen LogP contribution is 2.47. The Morgan fingerprint density at radius 2 is 1.73 bits per heavy atom. The standard InChI is InChI=1S/C43H46Cl2N4O6/c1-53-37-20-25(9-10-26(37)21-46-22-28-11-14-38(50)47-28)30-5-3-8-34(39(30)45)31-6-4-7-33-32(31)12-13-36(33)55-41-35(44)19-27(40(48-41)54-2)23-49-24-43(42(51)52)17-15-29(49)16-18-43/h3-10,19-20,28-29,36,46H,11-18,21-24H2,1-2H3,(H,47,50)(H,51,52)/t28-,29?,36-,43?/m0/s1. The van der Waals surface area contributed by atoms with E-state index in [1.165, 1.54) is 5.56 Å². The number of halogens is 2. The number of aromatic nitrogens is 1. The number of methoxy groups -OCH3 is 2. The quantitative estimate of drug-likeness (QED) is 0.124. The molecule has 3 N–H and O–H groups in total. The van der Waals surface area contributed by atoms with Gasteiger partial charge in [-0.15, -0.1) is 0 Å². The maximum atomic E-state index is 12.2. The molecule has 3 aromatic carbocycles. The molecule has 0 spiro atoms. The minimum absolute atomic E-state index is 0.113. The van der Waals surface area contributed by atoms with E-state index in [9.17, 15) is 14.7 Å². The first-order valence-corrected chi connectivity index (χ1v) is 19.9. The molecule has 0 unspecified atom stereocenters. The molecule has 4 heterocycles. The molecular weight excluding hydrogens is 739 g/mol. The molecule has 12 heteroatoms. The number of hydrogen-bond acceptors (Lipinski definition) is 8. The molecule has 5 aliphatic rings. The van der Waals surface area contributed by atoms with Crippen molar-refractivity contribution in [3.63, 3.8) is 0 Å². The molecule has 4 fully saturated rings. The Morgan fingerprint density at radius 1 is 0.945 bits per heavy atom. The van der Waals surface area contributed by atoms with Gasteiger partial charge in [-0.25, -0.2) is 0 Å². The van der Waals surface area contributed by atoms with Crippen molar-refractivity contribution in [3.8, 4) is 39.8 Å². The molecule has 55 heavy (non-hydrogen) atoms. The zero-order valence-corrected chi connectivity index (χ0v) is 32.6. The normalized spacial score (nSPS) is 23.1. The van der Waals surface area contributed by atoms with Crippen LogP contribution in [0.15, 0.2) is 60.7 Å². The van der Waals surface area contributed by atoms with E-state index in [0.717, 1.165) is 89.6 Å². The van der Waals surface area contributed by atoms with E-state index in [2.05, 4.69) is 45.9 Å². The van der Waals surface area contributed by atoms with Crippen LogP contribution in [0, 0.1) is 5.41 Å². The second-order valence-electron chi connectivity index (χ2n) is 15.3. The lowest BCUT2D eigenvalue weighted by Gasteiger charge is -2.50. The van der Waals surface area contributed by atoms with Gasteiger partial charge in [-0.05, 0) is 79.3 Å². The van der Waals surface area contributed by atoms with Gasteiger partial charge >= 0.3 is 5.97 Å². The number of hydrogen-bond donors (Lipinski definition) is 3. The Balaban J connectivity index is 0.994. The number of carboxylic acids is 1. The van der Waals surface area contributed by atoms with Gasteiger partial charge in [0.25, 0.3) is 0 Å². The molecule has 288 valence electrons. The molecule has 1 saturated carbocycles. The number of amides is 1. The third-order valence-corrected chi connectivity index (χ3v) is 12.8. The monoisotopic (exact) mass is 784 g/mol. The zero-order valence-electron chi connectivity index (χ0n) is 31.1. The molecule has 3 saturated heterocycles. The van der Waals surface area contributed by atoms with Crippen LogP contribution in [0.4, 0.5) is 0 Å². The number of carbonyl (C=O) groups is 2. The van der Waals surface area contributed by atoms with E-state index >= 15 is 0 Å². The zero-order chi connectivity index (χ0) is 38.3. The molecule has 10 nitrogen and oxygen atoms in total. The van der Waals surface area contributed by atoms with Crippen LogP contribution in [0.1, 0.15) is 73.3 Å². The lowest BCUT2D eigenvalue weighted by atomic mass is 9.67. The van der Waals surface area contributed by atoms with Gasteiger partial charge in [-0.2, -0.15) is 4.98 Å². The first-order chi connectivity index (χ1) is 26.7. The lowest BCUT2D eigenvalue weighted by molar-refractivity contribution is -0.160. The van der Waals surface area contributed by atoms with Crippen LogP contribution < -0.4 is 24.8 Å². The summed E-state index contributed by atoms with van der Waals surface area (Å²) in [5, 5.41) is 17.5. The number of ether oxygens (including phenoxy) is 3. The minimum Gasteiger partial charge on any atom is -0.496 e. The highest BCUT2D eigenvalue weighted by atomic mass is 35.5. The van der Waals surface area contributed by atoms with E-state index in [1.807, 2.05) is 30.3 Å². The van der Waals surface area contributed by atoms with Gasteiger partial charge in [0, 0.05) is 66.9 Å². The number of benzene rings is 3. The van der Waals surface area contributed by atoms with Gasteiger partial charge in [0.05, 0.1) is 24.7 Å². The highest BCUT2D eigenvalue weighted by Gasteiger charge is 2.49. The predicted molar refractivity (Wildman–Crippen MR) is 212 cm³/mol. The number of aliphatic carboxylic acids is 1. The van der Waals surface area contributed by atoms with E-state index in [0.29, 0.717) is 60.4 Å². The van der Waals surface area contributed by atoms with Crippen LogP contribution in [0.25, 0.3) is 22.3 Å². The summed E-state index contributed by atoms with van der Waals surface area (Å²) in [4.78, 5) is 30.7. The third kappa shape index (κ3) is 7.37. The summed E-state index contributed by atoms with van der Waals surface area (Å²) in [6, 6.07) is 20.9. The van der Waals surface area contributed by atoms with E-state index in [1.54, 1.807) is 14.2 Å². The maximum Gasteiger partial charge on any atom is 0.310 e. The number of carbonyl (C=O) groups excluding carboxylic acids is 1. The van der Waals surface area contributed by atoms with Crippen molar-refractivity contribution < 1.29 is 28.9 Å². The number of pyridine rings is 1. The van der Waals surface area contributed by atoms with Crippen molar-refractivity contribution in [1.82, 2.24) is 20.5 Å². The molecule has 1 aromatic heterocycles. The molecule has 2 atom stereocenters. The fourth-order valence-corrected chi connectivity index (χ4v) is 9.66.